The van der Waals surface area contributed by atoms with Crippen LogP contribution >= 0.6 is 0 Å². The molecule has 1 N–H and O–H groups in total. The Hall–Kier alpha value is -0.0800. The molecule has 0 saturated carbocycles. The fourth-order valence-corrected chi connectivity index (χ4v) is 3.49. The maximum atomic E-state index is 3.69. The van der Waals surface area contributed by atoms with Crippen molar-refractivity contribution in [2.24, 2.45) is 17.8 Å². The molecule has 0 aliphatic carbocycles. The van der Waals surface area contributed by atoms with Crippen LogP contribution in [0.1, 0.15) is 60.8 Å². The summed E-state index contributed by atoms with van der Waals surface area (Å²) < 4.78 is 0. The molecular weight excluding hydrogens is 232 g/mol. The Bertz CT molecular complexity index is 229. The van der Waals surface area contributed by atoms with Crippen molar-refractivity contribution >= 4 is 0 Å². The lowest BCUT2D eigenvalue weighted by atomic mass is 9.84. The molecule has 2 nitrogen and oxygen atoms in total. The Labute approximate surface area is 121 Å². The summed E-state index contributed by atoms with van der Waals surface area (Å²) >= 11 is 0. The van der Waals surface area contributed by atoms with Crippen molar-refractivity contribution in [1.29, 1.82) is 0 Å². The molecule has 1 fully saturated rings. The van der Waals surface area contributed by atoms with Gasteiger partial charge in [-0.15, -0.1) is 0 Å². The topological polar surface area (TPSA) is 15.3 Å². The van der Waals surface area contributed by atoms with Gasteiger partial charge in [0, 0.05) is 18.6 Å². The van der Waals surface area contributed by atoms with E-state index in [0.29, 0.717) is 0 Å². The van der Waals surface area contributed by atoms with Gasteiger partial charge >= 0.3 is 0 Å². The first kappa shape index (κ1) is 17.0. The third-order valence-corrected chi connectivity index (χ3v) is 4.85. The van der Waals surface area contributed by atoms with E-state index in [0.717, 1.165) is 29.8 Å². The van der Waals surface area contributed by atoms with Crippen LogP contribution in [0.4, 0.5) is 0 Å². The van der Waals surface area contributed by atoms with Crippen LogP contribution in [0.3, 0.4) is 0 Å². The van der Waals surface area contributed by atoms with Crippen molar-refractivity contribution in [3.63, 3.8) is 0 Å². The van der Waals surface area contributed by atoms with E-state index >= 15 is 0 Å². The van der Waals surface area contributed by atoms with Crippen LogP contribution in [-0.4, -0.2) is 36.6 Å². The number of nitrogens with one attached hydrogen (secondary N) is 1. The minimum Gasteiger partial charge on any atom is -0.314 e. The monoisotopic (exact) mass is 268 g/mol. The zero-order valence-corrected chi connectivity index (χ0v) is 14.1. The van der Waals surface area contributed by atoms with E-state index in [-0.39, 0.29) is 0 Å². The van der Waals surface area contributed by atoms with Crippen LogP contribution in [0, 0.1) is 17.8 Å². The van der Waals surface area contributed by atoms with Crippen molar-refractivity contribution in [3.8, 4) is 0 Å². The fourth-order valence-electron chi connectivity index (χ4n) is 3.49. The summed E-state index contributed by atoms with van der Waals surface area (Å²) in [5, 5.41) is 3.69. The first-order valence-corrected chi connectivity index (χ1v) is 8.43. The van der Waals surface area contributed by atoms with Gasteiger partial charge in [0.05, 0.1) is 0 Å². The number of hydrogen-bond acceptors (Lipinski definition) is 2. The number of piperidine rings is 1. The first-order valence-electron chi connectivity index (χ1n) is 8.43. The minimum atomic E-state index is 0.739. The van der Waals surface area contributed by atoms with Crippen LogP contribution in [0.15, 0.2) is 0 Å². The van der Waals surface area contributed by atoms with Gasteiger partial charge < -0.3 is 10.2 Å². The van der Waals surface area contributed by atoms with Gasteiger partial charge in [-0.1, -0.05) is 34.6 Å². The van der Waals surface area contributed by atoms with Crippen molar-refractivity contribution in [2.75, 3.05) is 19.6 Å². The SMILES string of the molecule is CCCNC1CCN(CC(C(C)C)C(C)C)C(C)C1. The van der Waals surface area contributed by atoms with Crippen LogP contribution in [0.5, 0.6) is 0 Å². The molecule has 0 aromatic carbocycles. The summed E-state index contributed by atoms with van der Waals surface area (Å²) in [5.41, 5.74) is 0. The lowest BCUT2D eigenvalue weighted by Gasteiger charge is -2.41. The van der Waals surface area contributed by atoms with Crippen LogP contribution in [-0.2, 0) is 0 Å². The quantitative estimate of drug-likeness (QED) is 0.756. The summed E-state index contributed by atoms with van der Waals surface area (Å²) in [7, 11) is 0. The number of nitrogens with zero attached hydrogens (tertiary/aromatic N) is 1. The zero-order chi connectivity index (χ0) is 14.4. The van der Waals surface area contributed by atoms with E-state index in [1.54, 1.807) is 0 Å². The summed E-state index contributed by atoms with van der Waals surface area (Å²) in [6, 6.07) is 1.49. The smallest absolute Gasteiger partial charge is 0.00940 e. The third-order valence-electron chi connectivity index (χ3n) is 4.85. The van der Waals surface area contributed by atoms with Crippen LogP contribution in [0.2, 0.25) is 0 Å². The van der Waals surface area contributed by atoms with E-state index in [1.165, 1.54) is 38.9 Å². The molecule has 114 valence electrons. The van der Waals surface area contributed by atoms with Gasteiger partial charge in [-0.25, -0.2) is 0 Å². The predicted molar refractivity (Wildman–Crippen MR) is 85.5 cm³/mol. The molecule has 1 saturated heterocycles. The Kier molecular flexibility index (Phi) is 7.38. The third kappa shape index (κ3) is 5.43. The first-order chi connectivity index (χ1) is 8.95. The molecule has 0 amide bonds. The van der Waals surface area contributed by atoms with Crippen molar-refractivity contribution in [3.05, 3.63) is 0 Å². The Morgan fingerprint density at radius 1 is 1.16 bits per heavy atom. The highest BCUT2D eigenvalue weighted by molar-refractivity contribution is 4.85. The average Bonchev–Trinajstić information content (AvgIpc) is 2.34. The van der Waals surface area contributed by atoms with E-state index in [2.05, 4.69) is 51.8 Å². The molecule has 1 aliphatic heterocycles. The largest absolute Gasteiger partial charge is 0.314 e. The van der Waals surface area contributed by atoms with Gasteiger partial charge in [0.25, 0.3) is 0 Å². The van der Waals surface area contributed by atoms with E-state index < -0.39 is 0 Å². The minimum absolute atomic E-state index is 0.739. The average molecular weight is 268 g/mol. The zero-order valence-electron chi connectivity index (χ0n) is 14.1. The molecule has 0 aromatic rings. The summed E-state index contributed by atoms with van der Waals surface area (Å²) in [5.74, 6) is 2.42. The lowest BCUT2D eigenvalue weighted by Crippen LogP contribution is -2.49. The molecular formula is C17H36N2. The van der Waals surface area contributed by atoms with Crippen molar-refractivity contribution in [2.45, 2.75) is 72.9 Å². The maximum absolute atomic E-state index is 3.69. The fraction of sp³-hybridized carbons (Fsp3) is 1.00. The van der Waals surface area contributed by atoms with E-state index in [1.807, 2.05) is 0 Å². The molecule has 2 heteroatoms. The standard InChI is InChI=1S/C17H36N2/c1-7-9-18-16-8-10-19(15(6)11-16)12-17(13(2)3)14(4)5/h13-18H,7-12H2,1-6H3. The van der Waals surface area contributed by atoms with Gasteiger partial charge in [-0.2, -0.15) is 0 Å². The molecule has 2 unspecified atom stereocenters. The summed E-state index contributed by atoms with van der Waals surface area (Å²) in [4.78, 5) is 2.73. The predicted octanol–water partition coefficient (Wildman–Crippen LogP) is 3.77. The van der Waals surface area contributed by atoms with Gasteiger partial charge in [0.15, 0.2) is 0 Å². The van der Waals surface area contributed by atoms with Gasteiger partial charge in [0.1, 0.15) is 0 Å². The maximum Gasteiger partial charge on any atom is 0.00940 e. The molecule has 2 atom stereocenters. The normalized spacial score (nSPS) is 25.7. The Balaban J connectivity index is 2.44. The van der Waals surface area contributed by atoms with Gasteiger partial charge in [-0.3, -0.25) is 0 Å². The van der Waals surface area contributed by atoms with E-state index in [4.69, 9.17) is 0 Å². The Morgan fingerprint density at radius 2 is 1.79 bits per heavy atom. The van der Waals surface area contributed by atoms with Crippen LogP contribution < -0.4 is 5.32 Å². The number of likely N-dealkylation sites (tertiary alicyclic amines) is 1. The second-order valence-corrected chi connectivity index (χ2v) is 7.17. The molecule has 0 spiro atoms. The molecule has 0 bridgehead atoms. The van der Waals surface area contributed by atoms with Crippen LogP contribution in [0.25, 0.3) is 0 Å². The highest BCUT2D eigenvalue weighted by Gasteiger charge is 2.28. The molecule has 1 heterocycles. The van der Waals surface area contributed by atoms with Gasteiger partial charge in [-0.05, 0) is 57.0 Å². The summed E-state index contributed by atoms with van der Waals surface area (Å²) in [6.45, 7) is 17.9. The van der Waals surface area contributed by atoms with E-state index in [9.17, 15) is 0 Å². The highest BCUT2D eigenvalue weighted by atomic mass is 15.2. The molecule has 0 aromatic heterocycles. The Morgan fingerprint density at radius 3 is 2.26 bits per heavy atom. The van der Waals surface area contributed by atoms with Crippen molar-refractivity contribution < 1.29 is 0 Å². The van der Waals surface area contributed by atoms with Gasteiger partial charge in [0.2, 0.25) is 0 Å². The number of hydrogen-bond donors (Lipinski definition) is 1. The summed E-state index contributed by atoms with van der Waals surface area (Å²) in [6.07, 6.45) is 3.90. The second-order valence-electron chi connectivity index (χ2n) is 7.17. The molecule has 0 radical (unpaired) electrons. The number of rotatable bonds is 7. The second kappa shape index (κ2) is 8.26. The molecule has 19 heavy (non-hydrogen) atoms. The molecule has 1 aliphatic rings. The lowest BCUT2D eigenvalue weighted by molar-refractivity contribution is 0.0891. The van der Waals surface area contributed by atoms with Crippen molar-refractivity contribution in [1.82, 2.24) is 10.2 Å². The molecule has 1 rings (SSSR count). The highest BCUT2D eigenvalue weighted by Crippen LogP contribution is 2.25.